The highest BCUT2D eigenvalue weighted by Crippen LogP contribution is 2.23. The molecule has 0 aromatic carbocycles. The minimum Gasteiger partial charge on any atom is -0.379 e. The second-order valence-corrected chi connectivity index (χ2v) is 10.3. The average Bonchev–Trinajstić information content (AvgIpc) is 3.63. The van der Waals surface area contributed by atoms with Crippen LogP contribution in [0.1, 0.15) is 57.8 Å². The van der Waals surface area contributed by atoms with Crippen LogP contribution in [-0.4, -0.2) is 80.6 Å². The van der Waals surface area contributed by atoms with Gasteiger partial charge in [0.1, 0.15) is 17.1 Å². The van der Waals surface area contributed by atoms with Crippen LogP contribution in [0.5, 0.6) is 0 Å². The highest BCUT2D eigenvalue weighted by molar-refractivity contribution is 6.07. The zero-order chi connectivity index (χ0) is 29.7. The van der Waals surface area contributed by atoms with Crippen molar-refractivity contribution in [3.8, 4) is 0 Å². The van der Waals surface area contributed by atoms with Crippen LogP contribution in [0, 0.1) is 10.1 Å². The summed E-state index contributed by atoms with van der Waals surface area (Å²) >= 11 is 0. The molecule has 4 rings (SSSR count). The Hall–Kier alpha value is -4.43. The second-order valence-electron chi connectivity index (χ2n) is 10.3. The molecule has 14 nitrogen and oxygen atoms in total. The molecule has 0 radical (unpaired) electrons. The maximum absolute atomic E-state index is 13.2. The first-order valence-electron chi connectivity index (χ1n) is 13.4. The number of nitro groups is 1. The molecule has 0 aliphatic carbocycles. The second kappa shape index (κ2) is 12.8. The summed E-state index contributed by atoms with van der Waals surface area (Å²) in [4.78, 5) is 51.6. The van der Waals surface area contributed by atoms with E-state index >= 15 is 0 Å². The van der Waals surface area contributed by atoms with Gasteiger partial charge < -0.3 is 34.4 Å². The van der Waals surface area contributed by atoms with Crippen molar-refractivity contribution in [3.63, 3.8) is 0 Å². The molecule has 3 N–H and O–H groups in total. The van der Waals surface area contributed by atoms with Crippen molar-refractivity contribution in [2.45, 2.75) is 26.3 Å². The number of ether oxygens (including phenoxy) is 1. The largest absolute Gasteiger partial charge is 0.379 e. The fraction of sp³-hybridized carbons (Fsp3) is 0.444. The van der Waals surface area contributed by atoms with Crippen molar-refractivity contribution >= 4 is 34.8 Å². The van der Waals surface area contributed by atoms with E-state index in [1.165, 1.54) is 22.9 Å². The first-order chi connectivity index (χ1) is 19.5. The smallest absolute Gasteiger partial charge is 0.287 e. The number of anilines is 2. The number of aryl methyl sites for hydroxylation is 2. The van der Waals surface area contributed by atoms with Crippen LogP contribution >= 0.6 is 0 Å². The number of amides is 3. The van der Waals surface area contributed by atoms with Gasteiger partial charge in [-0.25, -0.2) is 0 Å². The Labute approximate surface area is 237 Å². The van der Waals surface area contributed by atoms with Crippen molar-refractivity contribution in [3.05, 3.63) is 64.0 Å². The first-order valence-corrected chi connectivity index (χ1v) is 13.4. The third kappa shape index (κ3) is 7.21. The van der Waals surface area contributed by atoms with E-state index in [9.17, 15) is 24.5 Å². The molecule has 0 spiro atoms. The molecule has 1 aliphatic rings. The fourth-order valence-electron chi connectivity index (χ4n) is 4.70. The normalized spacial score (nSPS) is 13.8. The molecule has 1 fully saturated rings. The van der Waals surface area contributed by atoms with Crippen LogP contribution in [0.3, 0.4) is 0 Å². The summed E-state index contributed by atoms with van der Waals surface area (Å²) in [5, 5.41) is 19.5. The summed E-state index contributed by atoms with van der Waals surface area (Å²) in [6, 6.07) is 4.24. The number of hydrogen-bond acceptors (Lipinski definition) is 7. The van der Waals surface area contributed by atoms with Gasteiger partial charge in [-0.1, -0.05) is 0 Å². The summed E-state index contributed by atoms with van der Waals surface area (Å²) in [5.41, 5.74) is 1.44. The van der Waals surface area contributed by atoms with Gasteiger partial charge in [-0.2, -0.15) is 0 Å². The molecule has 220 valence electrons. The molecule has 0 saturated carbocycles. The Balaban J connectivity index is 1.38. The average molecular weight is 569 g/mol. The number of carbonyl (C=O) groups excluding carboxylic acids is 3. The lowest BCUT2D eigenvalue weighted by atomic mass is 10.3. The molecule has 0 unspecified atom stereocenters. The predicted molar refractivity (Wildman–Crippen MR) is 152 cm³/mol. The van der Waals surface area contributed by atoms with Gasteiger partial charge >= 0.3 is 0 Å². The zero-order valence-electron chi connectivity index (χ0n) is 23.7. The Morgan fingerprint density at radius 3 is 2.12 bits per heavy atom. The Kier molecular flexibility index (Phi) is 9.24. The number of hydrogen-bond donors (Lipinski definition) is 3. The number of morpholine rings is 1. The Bertz CT molecular complexity index is 1430. The van der Waals surface area contributed by atoms with Gasteiger partial charge in [0.2, 0.25) is 0 Å². The number of carbonyl (C=O) groups is 3. The number of rotatable bonds is 11. The summed E-state index contributed by atoms with van der Waals surface area (Å²) in [7, 11) is 3.27. The van der Waals surface area contributed by atoms with E-state index in [4.69, 9.17) is 4.74 Å². The number of aromatic nitrogens is 3. The van der Waals surface area contributed by atoms with Gasteiger partial charge in [-0.3, -0.25) is 29.4 Å². The van der Waals surface area contributed by atoms with Crippen LogP contribution in [0.15, 0.2) is 36.8 Å². The van der Waals surface area contributed by atoms with Crippen molar-refractivity contribution in [2.24, 2.45) is 14.1 Å². The highest BCUT2D eigenvalue weighted by atomic mass is 16.6. The van der Waals surface area contributed by atoms with Crippen molar-refractivity contribution in [2.75, 3.05) is 50.0 Å². The monoisotopic (exact) mass is 568 g/mol. The molecule has 4 heterocycles. The Morgan fingerprint density at radius 1 is 0.902 bits per heavy atom. The molecule has 3 amide bonds. The van der Waals surface area contributed by atoms with E-state index in [0.717, 1.165) is 39.3 Å². The molecular formula is C27H36N8O6. The van der Waals surface area contributed by atoms with Gasteiger partial charge in [-0.15, -0.1) is 0 Å². The molecule has 1 saturated heterocycles. The summed E-state index contributed by atoms with van der Waals surface area (Å²) in [6.07, 6.45) is 5.38. The third-order valence-electron chi connectivity index (χ3n) is 6.87. The summed E-state index contributed by atoms with van der Waals surface area (Å²) in [5.74, 6) is -1.19. The summed E-state index contributed by atoms with van der Waals surface area (Å²) in [6.45, 7) is 8.50. The van der Waals surface area contributed by atoms with E-state index < -0.39 is 16.7 Å². The number of nitrogens with one attached hydrogen (secondary N) is 3. The maximum Gasteiger partial charge on any atom is 0.287 e. The lowest BCUT2D eigenvalue weighted by Gasteiger charge is -2.26. The molecule has 1 aliphatic heterocycles. The van der Waals surface area contributed by atoms with E-state index in [-0.39, 0.29) is 23.3 Å². The van der Waals surface area contributed by atoms with Crippen LogP contribution < -0.4 is 16.0 Å². The number of nitrogens with zero attached hydrogens (tertiary/aromatic N) is 5. The third-order valence-corrected chi connectivity index (χ3v) is 6.87. The van der Waals surface area contributed by atoms with E-state index in [2.05, 4.69) is 20.9 Å². The van der Waals surface area contributed by atoms with Crippen LogP contribution in [0.2, 0.25) is 0 Å². The van der Waals surface area contributed by atoms with E-state index in [0.29, 0.717) is 29.3 Å². The van der Waals surface area contributed by atoms with Gasteiger partial charge in [0.05, 0.1) is 35.7 Å². The molecule has 3 aromatic rings. The van der Waals surface area contributed by atoms with Gasteiger partial charge in [0.25, 0.3) is 23.4 Å². The zero-order valence-corrected chi connectivity index (χ0v) is 23.7. The van der Waals surface area contributed by atoms with Crippen LogP contribution in [-0.2, 0) is 18.8 Å². The molecule has 41 heavy (non-hydrogen) atoms. The molecular weight excluding hydrogens is 532 g/mol. The SMILES string of the molecule is CC(C)n1cc(NC(=O)c2cc([N+](=O)[O-])cn2C)cc1C(=O)Nc1cc(C(=O)NCCCN2CCOCC2)n(C)c1. The first kappa shape index (κ1) is 29.6. The fourth-order valence-corrected chi connectivity index (χ4v) is 4.70. The topological polar surface area (TPSA) is 158 Å². The molecule has 0 bridgehead atoms. The van der Waals surface area contributed by atoms with Gasteiger partial charge in [0, 0.05) is 58.2 Å². The predicted octanol–water partition coefficient (Wildman–Crippen LogP) is 2.61. The van der Waals surface area contributed by atoms with E-state index in [1.807, 2.05) is 13.8 Å². The van der Waals surface area contributed by atoms with Crippen molar-refractivity contribution < 1.29 is 24.0 Å². The minimum atomic E-state index is -0.570. The van der Waals surface area contributed by atoms with Crippen molar-refractivity contribution in [1.29, 1.82) is 0 Å². The van der Waals surface area contributed by atoms with Gasteiger partial charge in [-0.05, 0) is 38.9 Å². The maximum atomic E-state index is 13.2. The van der Waals surface area contributed by atoms with E-state index in [1.54, 1.807) is 41.7 Å². The molecule has 14 heteroatoms. The molecule has 0 atom stereocenters. The summed E-state index contributed by atoms with van der Waals surface area (Å²) < 4.78 is 10.1. The quantitative estimate of drug-likeness (QED) is 0.182. The molecule has 3 aromatic heterocycles. The van der Waals surface area contributed by atoms with Gasteiger partial charge in [0.15, 0.2) is 0 Å². The lowest BCUT2D eigenvalue weighted by molar-refractivity contribution is -0.384. The van der Waals surface area contributed by atoms with Crippen LogP contribution in [0.25, 0.3) is 0 Å². The Morgan fingerprint density at radius 2 is 1.49 bits per heavy atom. The minimum absolute atomic E-state index is 0.105. The van der Waals surface area contributed by atoms with Crippen molar-refractivity contribution in [1.82, 2.24) is 23.9 Å². The van der Waals surface area contributed by atoms with Crippen LogP contribution in [0.4, 0.5) is 17.1 Å². The standard InChI is InChI=1S/C27H36N8O6/c1-18(2)34-16-20(30-26(37)23-14-21(35(39)40)17-32(23)4)13-24(34)27(38)29-19-12-22(31(3)15-19)25(36)28-6-5-7-33-8-10-41-11-9-33/h12-18H,5-11H2,1-4H3,(H,28,36)(H,29,38)(H,30,37). The highest BCUT2D eigenvalue weighted by Gasteiger charge is 2.22. The lowest BCUT2D eigenvalue weighted by Crippen LogP contribution is -2.38.